The zero-order valence-electron chi connectivity index (χ0n) is 9.94. The van der Waals surface area contributed by atoms with E-state index in [0.29, 0.717) is 25.8 Å². The molecule has 1 aliphatic heterocycles. The van der Waals surface area contributed by atoms with Crippen molar-refractivity contribution in [3.63, 3.8) is 0 Å². The van der Waals surface area contributed by atoms with Crippen LogP contribution in [0.2, 0.25) is 0 Å². The second-order valence-corrected chi connectivity index (χ2v) is 6.61. The highest BCUT2D eigenvalue weighted by molar-refractivity contribution is 7.92. The highest BCUT2D eigenvalue weighted by Gasteiger charge is 2.34. The van der Waals surface area contributed by atoms with Gasteiger partial charge in [-0.25, -0.2) is 8.42 Å². The quantitative estimate of drug-likeness (QED) is 0.587. The Morgan fingerprint density at radius 3 is 2.76 bits per heavy atom. The smallest absolute Gasteiger partial charge is 0.238 e. The van der Waals surface area contributed by atoms with Gasteiger partial charge >= 0.3 is 0 Å². The molecule has 96 valence electrons. The van der Waals surface area contributed by atoms with Crippen LogP contribution in [0.25, 0.3) is 0 Å². The number of carbonyl (C=O) groups excluding carboxylic acids is 1. The fraction of sp³-hybridized carbons (Fsp3) is 0.750. The number of amides is 1. The van der Waals surface area contributed by atoms with E-state index >= 15 is 0 Å². The molecule has 17 heavy (non-hydrogen) atoms. The van der Waals surface area contributed by atoms with Gasteiger partial charge in [-0.1, -0.05) is 6.42 Å². The van der Waals surface area contributed by atoms with Crippen LogP contribution in [0.3, 0.4) is 0 Å². The average molecular weight is 257 g/mol. The predicted octanol–water partition coefficient (Wildman–Crippen LogP) is 0.873. The van der Waals surface area contributed by atoms with E-state index < -0.39 is 15.1 Å². The maximum atomic E-state index is 11.7. The Bertz CT molecular complexity index is 394. The first-order valence-corrected chi connectivity index (χ1v) is 7.72. The Balaban J connectivity index is 2.34. The van der Waals surface area contributed by atoms with Crippen molar-refractivity contribution in [3.05, 3.63) is 0 Å². The van der Waals surface area contributed by atoms with Crippen LogP contribution in [0.5, 0.6) is 0 Å². The van der Waals surface area contributed by atoms with Crippen LogP contribution in [-0.2, 0) is 14.6 Å². The number of nitrogens with one attached hydrogen (secondary N) is 1. The number of hydrogen-bond acceptors (Lipinski definition) is 3. The zero-order valence-corrected chi connectivity index (χ0v) is 10.8. The molecule has 1 heterocycles. The molecule has 1 amide bonds. The molecular weight excluding hydrogens is 238 g/mol. The molecule has 0 spiro atoms. The minimum absolute atomic E-state index is 0.141. The van der Waals surface area contributed by atoms with Crippen molar-refractivity contribution in [3.8, 4) is 12.3 Å². The van der Waals surface area contributed by atoms with Crippen molar-refractivity contribution < 1.29 is 13.2 Å². The van der Waals surface area contributed by atoms with Gasteiger partial charge in [0.05, 0.1) is 5.75 Å². The van der Waals surface area contributed by atoms with Crippen LogP contribution in [0.15, 0.2) is 0 Å². The van der Waals surface area contributed by atoms with Gasteiger partial charge in [0.15, 0.2) is 9.84 Å². The Labute approximate surface area is 103 Å². The number of terminal acetylenes is 1. The van der Waals surface area contributed by atoms with Crippen LogP contribution in [0.4, 0.5) is 0 Å². The van der Waals surface area contributed by atoms with Crippen LogP contribution in [-0.4, -0.2) is 31.9 Å². The van der Waals surface area contributed by atoms with Crippen molar-refractivity contribution >= 4 is 15.7 Å². The van der Waals surface area contributed by atoms with E-state index in [1.165, 1.54) is 0 Å². The molecule has 0 bridgehead atoms. The summed E-state index contributed by atoms with van der Waals surface area (Å²) in [5, 5.41) is 1.85. The second kappa shape index (κ2) is 6.65. The van der Waals surface area contributed by atoms with Crippen molar-refractivity contribution in [2.45, 2.75) is 43.8 Å². The number of unbranched alkanes of at least 4 members (excludes halogenated alkanes) is 2. The summed E-state index contributed by atoms with van der Waals surface area (Å²) in [5.74, 6) is 2.32. The van der Waals surface area contributed by atoms with Gasteiger partial charge in [-0.05, 0) is 25.7 Å². The molecule has 1 atom stereocenters. The summed E-state index contributed by atoms with van der Waals surface area (Å²) < 4.78 is 23.3. The average Bonchev–Trinajstić information content (AvgIpc) is 2.28. The number of carbonyl (C=O) groups is 1. The molecule has 5 heteroatoms. The van der Waals surface area contributed by atoms with E-state index in [1.54, 1.807) is 0 Å². The van der Waals surface area contributed by atoms with Gasteiger partial charge < -0.3 is 5.32 Å². The molecule has 0 aromatic heterocycles. The summed E-state index contributed by atoms with van der Waals surface area (Å²) in [6.07, 6.45) is 9.39. The maximum Gasteiger partial charge on any atom is 0.238 e. The van der Waals surface area contributed by atoms with Gasteiger partial charge in [0.1, 0.15) is 5.25 Å². The summed E-state index contributed by atoms with van der Waals surface area (Å²) in [5.41, 5.74) is 0. The van der Waals surface area contributed by atoms with E-state index in [0.717, 1.165) is 19.3 Å². The summed E-state index contributed by atoms with van der Waals surface area (Å²) in [6, 6.07) is 0. The zero-order chi connectivity index (χ0) is 12.7. The Morgan fingerprint density at radius 2 is 2.12 bits per heavy atom. The van der Waals surface area contributed by atoms with Gasteiger partial charge in [-0.15, -0.1) is 12.3 Å². The number of hydrogen-bond donors (Lipinski definition) is 1. The largest absolute Gasteiger partial charge is 0.355 e. The minimum atomic E-state index is -3.21. The fourth-order valence-corrected chi connectivity index (χ4v) is 3.75. The van der Waals surface area contributed by atoms with Crippen molar-refractivity contribution in [2.24, 2.45) is 0 Å². The van der Waals surface area contributed by atoms with Gasteiger partial charge in [-0.3, -0.25) is 4.79 Å². The lowest BCUT2D eigenvalue weighted by atomic mass is 10.2. The lowest BCUT2D eigenvalue weighted by Gasteiger charge is -2.21. The second-order valence-electron chi connectivity index (χ2n) is 4.30. The molecule has 0 aromatic rings. The lowest BCUT2D eigenvalue weighted by Crippen LogP contribution is -2.43. The molecule has 1 rings (SSSR count). The summed E-state index contributed by atoms with van der Waals surface area (Å²) in [7, 11) is -3.21. The highest BCUT2D eigenvalue weighted by atomic mass is 32.2. The first-order valence-electron chi connectivity index (χ1n) is 6.00. The van der Waals surface area contributed by atoms with Crippen LogP contribution in [0, 0.1) is 12.3 Å². The van der Waals surface area contributed by atoms with Crippen LogP contribution >= 0.6 is 0 Å². The fourth-order valence-electron chi connectivity index (χ4n) is 1.93. The molecule has 1 N–H and O–H groups in total. The monoisotopic (exact) mass is 257 g/mol. The van der Waals surface area contributed by atoms with Gasteiger partial charge in [0.2, 0.25) is 5.91 Å². The Hall–Kier alpha value is -1.02. The van der Waals surface area contributed by atoms with Crippen LogP contribution < -0.4 is 5.32 Å². The van der Waals surface area contributed by atoms with Gasteiger partial charge in [0, 0.05) is 13.0 Å². The first kappa shape index (κ1) is 14.0. The molecule has 4 nitrogen and oxygen atoms in total. The van der Waals surface area contributed by atoms with Gasteiger partial charge in [-0.2, -0.15) is 0 Å². The normalized spacial score (nSPS) is 22.6. The molecule has 0 radical (unpaired) electrons. The van der Waals surface area contributed by atoms with E-state index in [9.17, 15) is 13.2 Å². The van der Waals surface area contributed by atoms with E-state index in [-0.39, 0.29) is 11.7 Å². The lowest BCUT2D eigenvalue weighted by molar-refractivity contribution is -0.120. The topological polar surface area (TPSA) is 63.2 Å². The third-order valence-corrected chi connectivity index (χ3v) is 5.09. The maximum absolute atomic E-state index is 11.7. The van der Waals surface area contributed by atoms with E-state index in [4.69, 9.17) is 6.42 Å². The standard InChI is InChI=1S/C12H19NO3S/c1-2-3-4-6-9-13-12(14)11-8-5-7-10-17(11,15)16/h1,11H,3-10H2,(H,13,14). The van der Waals surface area contributed by atoms with Crippen molar-refractivity contribution in [1.82, 2.24) is 5.32 Å². The third kappa shape index (κ3) is 4.39. The molecule has 0 saturated carbocycles. The minimum Gasteiger partial charge on any atom is -0.355 e. The Morgan fingerprint density at radius 1 is 1.35 bits per heavy atom. The summed E-state index contributed by atoms with van der Waals surface area (Å²) in [6.45, 7) is 0.506. The first-order chi connectivity index (χ1) is 8.08. The summed E-state index contributed by atoms with van der Waals surface area (Å²) in [4.78, 5) is 11.7. The highest BCUT2D eigenvalue weighted by Crippen LogP contribution is 2.19. The SMILES string of the molecule is C#CCCCCNC(=O)C1CCCCS1(=O)=O. The number of rotatable bonds is 5. The molecule has 0 aromatic carbocycles. The van der Waals surface area contributed by atoms with E-state index in [2.05, 4.69) is 11.2 Å². The molecule has 0 aliphatic carbocycles. The molecule has 1 saturated heterocycles. The molecular formula is C12H19NO3S. The molecule has 1 unspecified atom stereocenters. The molecule has 1 aliphatic rings. The molecule has 1 fully saturated rings. The van der Waals surface area contributed by atoms with Gasteiger partial charge in [0.25, 0.3) is 0 Å². The Kier molecular flexibility index (Phi) is 5.49. The predicted molar refractivity (Wildman–Crippen MR) is 67.1 cm³/mol. The third-order valence-electron chi connectivity index (χ3n) is 2.92. The van der Waals surface area contributed by atoms with Crippen LogP contribution in [0.1, 0.15) is 38.5 Å². The van der Waals surface area contributed by atoms with Crippen molar-refractivity contribution in [2.75, 3.05) is 12.3 Å². The van der Waals surface area contributed by atoms with E-state index in [1.807, 2.05) is 0 Å². The summed E-state index contributed by atoms with van der Waals surface area (Å²) >= 11 is 0. The van der Waals surface area contributed by atoms with Crippen molar-refractivity contribution in [1.29, 1.82) is 0 Å². The number of sulfone groups is 1.